The molecule has 0 aliphatic carbocycles. The summed E-state index contributed by atoms with van der Waals surface area (Å²) < 4.78 is 13.6. The van der Waals surface area contributed by atoms with Crippen LogP contribution in [0.15, 0.2) is 47.3 Å². The molecule has 2 rings (SSSR count). The minimum Gasteiger partial charge on any atom is -0.338 e. The summed E-state index contributed by atoms with van der Waals surface area (Å²) in [7, 11) is 0. The first kappa shape index (κ1) is 21.9. The van der Waals surface area contributed by atoms with Crippen LogP contribution in [-0.4, -0.2) is 35.1 Å². The summed E-state index contributed by atoms with van der Waals surface area (Å²) in [6.45, 7) is 15.2. The van der Waals surface area contributed by atoms with Crippen LogP contribution in [0, 0.1) is 24.6 Å². The Balaban J connectivity index is 2.28. The van der Waals surface area contributed by atoms with Gasteiger partial charge < -0.3 is 4.90 Å². The average Bonchev–Trinajstić information content (AvgIpc) is 2.66. The Morgan fingerprint density at radius 2 is 2.14 bits per heavy atom. The van der Waals surface area contributed by atoms with Gasteiger partial charge in [0.15, 0.2) is 0 Å². The van der Waals surface area contributed by atoms with E-state index in [4.69, 9.17) is 0 Å². The minimum atomic E-state index is -0.287. The Labute approximate surface area is 168 Å². The molecule has 4 nitrogen and oxygen atoms in total. The molecule has 1 heterocycles. The van der Waals surface area contributed by atoms with E-state index in [2.05, 4.69) is 31.6 Å². The largest absolute Gasteiger partial charge is 0.338 e. The van der Waals surface area contributed by atoms with Gasteiger partial charge in [-0.2, -0.15) is 5.10 Å². The molecule has 1 aromatic rings. The van der Waals surface area contributed by atoms with Crippen molar-refractivity contribution in [1.82, 2.24) is 9.91 Å². The summed E-state index contributed by atoms with van der Waals surface area (Å²) in [5.74, 6) is 0.207. The van der Waals surface area contributed by atoms with Gasteiger partial charge in [0.2, 0.25) is 0 Å². The molecule has 1 aliphatic heterocycles. The molecule has 0 bridgehead atoms. The van der Waals surface area contributed by atoms with Crippen molar-refractivity contribution >= 4 is 12.1 Å². The molecule has 1 amide bonds. The maximum atomic E-state index is 13.6. The molecule has 1 fully saturated rings. The van der Waals surface area contributed by atoms with Gasteiger partial charge >= 0.3 is 0 Å². The number of allylic oxidation sites excluding steroid dienone is 2. The summed E-state index contributed by atoms with van der Waals surface area (Å²) in [4.78, 5) is 14.9. The molecule has 152 valence electrons. The first-order valence-corrected chi connectivity index (χ1v) is 9.96. The van der Waals surface area contributed by atoms with Crippen LogP contribution in [0.4, 0.5) is 4.39 Å². The van der Waals surface area contributed by atoms with Crippen molar-refractivity contribution in [2.45, 2.75) is 47.5 Å². The van der Waals surface area contributed by atoms with Crippen LogP contribution in [0.25, 0.3) is 0 Å². The Bertz CT molecular complexity index is 782. The fourth-order valence-corrected chi connectivity index (χ4v) is 3.59. The number of piperidine rings is 1. The summed E-state index contributed by atoms with van der Waals surface area (Å²) in [5.41, 5.74) is 2.97. The van der Waals surface area contributed by atoms with Crippen molar-refractivity contribution in [1.29, 1.82) is 0 Å². The molecule has 0 saturated carbocycles. The second-order valence-electron chi connectivity index (χ2n) is 7.81. The van der Waals surface area contributed by atoms with E-state index in [9.17, 15) is 9.18 Å². The number of carbonyl (C=O) groups is 1. The number of hydrogen-bond donors (Lipinski definition) is 0. The Morgan fingerprint density at radius 3 is 2.71 bits per heavy atom. The predicted molar refractivity (Wildman–Crippen MR) is 114 cm³/mol. The maximum absolute atomic E-state index is 13.6. The number of carbonyl (C=O) groups excluding carboxylic acids is 1. The van der Waals surface area contributed by atoms with Crippen molar-refractivity contribution in [3.05, 3.63) is 59.2 Å². The zero-order valence-electron chi connectivity index (χ0n) is 17.7. The zero-order valence-corrected chi connectivity index (χ0v) is 17.7. The van der Waals surface area contributed by atoms with Crippen molar-refractivity contribution in [2.24, 2.45) is 16.9 Å². The highest BCUT2D eigenvalue weighted by Gasteiger charge is 2.29. The SMILES string of the molecule is C=C(C)N(/N=C\C)/C(=C\C(C)C)C1CCCN(C(=O)c2ccc(F)c(C)c2)C1. The molecule has 0 aromatic heterocycles. The lowest BCUT2D eigenvalue weighted by Crippen LogP contribution is -2.42. The van der Waals surface area contributed by atoms with Crippen LogP contribution < -0.4 is 0 Å². The number of hydrogen-bond acceptors (Lipinski definition) is 3. The minimum absolute atomic E-state index is 0.0439. The molecule has 1 aromatic carbocycles. The van der Waals surface area contributed by atoms with Gasteiger partial charge in [0.25, 0.3) is 5.91 Å². The third-order valence-corrected chi connectivity index (χ3v) is 4.87. The van der Waals surface area contributed by atoms with E-state index in [0.29, 0.717) is 30.1 Å². The number of nitrogens with zero attached hydrogens (tertiary/aromatic N) is 3. The molecule has 0 radical (unpaired) electrons. The highest BCUT2D eigenvalue weighted by molar-refractivity contribution is 5.94. The summed E-state index contributed by atoms with van der Waals surface area (Å²) in [6, 6.07) is 4.57. The van der Waals surface area contributed by atoms with Crippen LogP contribution in [0.3, 0.4) is 0 Å². The molecule has 1 atom stereocenters. The van der Waals surface area contributed by atoms with Gasteiger partial charge in [-0.15, -0.1) is 0 Å². The van der Waals surface area contributed by atoms with Crippen LogP contribution in [-0.2, 0) is 0 Å². The monoisotopic (exact) mass is 385 g/mol. The maximum Gasteiger partial charge on any atom is 0.253 e. The highest BCUT2D eigenvalue weighted by Crippen LogP contribution is 2.30. The Morgan fingerprint density at radius 1 is 1.43 bits per heavy atom. The van der Waals surface area contributed by atoms with Gasteiger partial charge in [-0.05, 0) is 63.3 Å². The van der Waals surface area contributed by atoms with E-state index < -0.39 is 0 Å². The standard InChI is InChI=1S/C23H32FN3O/c1-7-25-27(17(4)5)22(13-16(2)3)20-9-8-12-26(15-20)23(28)19-10-11-21(24)18(6)14-19/h7,10-11,13-14,16,20H,4,8-9,12,15H2,1-3,5-6H3/b22-13-,25-7-. The lowest BCUT2D eigenvalue weighted by molar-refractivity contribution is 0.0679. The lowest BCUT2D eigenvalue weighted by atomic mass is 9.91. The Kier molecular flexibility index (Phi) is 7.55. The number of benzene rings is 1. The molecular weight excluding hydrogens is 353 g/mol. The van der Waals surface area contributed by atoms with Crippen LogP contribution >= 0.6 is 0 Å². The average molecular weight is 386 g/mol. The number of halogens is 1. The summed E-state index contributed by atoms with van der Waals surface area (Å²) >= 11 is 0. The fourth-order valence-electron chi connectivity index (χ4n) is 3.59. The molecule has 28 heavy (non-hydrogen) atoms. The fraction of sp³-hybridized carbons (Fsp3) is 0.478. The number of aryl methyl sites for hydroxylation is 1. The molecule has 1 aliphatic rings. The van der Waals surface area contributed by atoms with Gasteiger partial charge in [-0.1, -0.05) is 26.5 Å². The predicted octanol–water partition coefficient (Wildman–Crippen LogP) is 5.37. The van der Waals surface area contributed by atoms with Gasteiger partial charge in [-0.25, -0.2) is 9.40 Å². The van der Waals surface area contributed by atoms with Crippen molar-refractivity contribution in [3.8, 4) is 0 Å². The molecular formula is C23H32FN3O. The second-order valence-corrected chi connectivity index (χ2v) is 7.81. The summed E-state index contributed by atoms with van der Waals surface area (Å²) in [5, 5.41) is 6.39. The topological polar surface area (TPSA) is 35.9 Å². The lowest BCUT2D eigenvalue weighted by Gasteiger charge is -2.37. The number of amides is 1. The molecule has 5 heteroatoms. The van der Waals surface area contributed by atoms with Crippen molar-refractivity contribution in [3.63, 3.8) is 0 Å². The van der Waals surface area contributed by atoms with E-state index in [1.807, 2.05) is 23.8 Å². The van der Waals surface area contributed by atoms with E-state index >= 15 is 0 Å². The van der Waals surface area contributed by atoms with Crippen LogP contribution in [0.1, 0.15) is 56.5 Å². The molecule has 1 saturated heterocycles. The van der Waals surface area contributed by atoms with Crippen molar-refractivity contribution in [2.75, 3.05) is 13.1 Å². The van der Waals surface area contributed by atoms with E-state index in [1.54, 1.807) is 25.3 Å². The third-order valence-electron chi connectivity index (χ3n) is 4.87. The van der Waals surface area contributed by atoms with E-state index in [0.717, 1.165) is 24.2 Å². The number of rotatable bonds is 6. The van der Waals surface area contributed by atoms with Crippen LogP contribution in [0.5, 0.6) is 0 Å². The first-order chi connectivity index (χ1) is 13.2. The molecule has 0 N–H and O–H groups in total. The van der Waals surface area contributed by atoms with Gasteiger partial charge in [-0.3, -0.25) is 4.79 Å². The van der Waals surface area contributed by atoms with Gasteiger partial charge in [0.1, 0.15) is 5.82 Å². The third kappa shape index (κ3) is 5.31. The second kappa shape index (κ2) is 9.67. The molecule has 0 spiro atoms. The first-order valence-electron chi connectivity index (χ1n) is 9.96. The normalized spacial score (nSPS) is 18.0. The summed E-state index contributed by atoms with van der Waals surface area (Å²) in [6.07, 6.45) is 5.89. The smallest absolute Gasteiger partial charge is 0.253 e. The van der Waals surface area contributed by atoms with E-state index in [1.165, 1.54) is 6.07 Å². The van der Waals surface area contributed by atoms with Crippen LogP contribution in [0.2, 0.25) is 0 Å². The van der Waals surface area contributed by atoms with Gasteiger partial charge in [0, 0.05) is 42.2 Å². The Hall–Kier alpha value is -2.43. The molecule has 1 unspecified atom stereocenters. The quantitative estimate of drug-likeness (QED) is 0.488. The number of hydrazone groups is 1. The van der Waals surface area contributed by atoms with E-state index in [-0.39, 0.29) is 17.6 Å². The van der Waals surface area contributed by atoms with Gasteiger partial charge in [0.05, 0.1) is 0 Å². The number of likely N-dealkylation sites (tertiary alicyclic amines) is 1. The van der Waals surface area contributed by atoms with Crippen molar-refractivity contribution < 1.29 is 9.18 Å². The zero-order chi connectivity index (χ0) is 20.8. The highest BCUT2D eigenvalue weighted by atomic mass is 19.1.